The lowest BCUT2D eigenvalue weighted by molar-refractivity contribution is -0.385. The van der Waals surface area contributed by atoms with E-state index in [0.29, 0.717) is 0 Å². The van der Waals surface area contributed by atoms with Crippen LogP contribution in [0.15, 0.2) is 24.3 Å². The van der Waals surface area contributed by atoms with Crippen LogP contribution in [0.2, 0.25) is 0 Å². The zero-order valence-corrected chi connectivity index (χ0v) is 12.7. The van der Waals surface area contributed by atoms with Gasteiger partial charge in [0.2, 0.25) is 0 Å². The van der Waals surface area contributed by atoms with Crippen molar-refractivity contribution in [3.8, 4) is 12.1 Å². The molecule has 1 aromatic carbocycles. The van der Waals surface area contributed by atoms with Crippen molar-refractivity contribution in [2.24, 2.45) is 0 Å². The zero-order chi connectivity index (χ0) is 17.9. The Hall–Kier alpha value is -3.46. The first-order chi connectivity index (χ1) is 11.5. The molecule has 0 saturated heterocycles. The van der Waals surface area contributed by atoms with Crippen LogP contribution >= 0.6 is 0 Å². The van der Waals surface area contributed by atoms with Gasteiger partial charge in [0, 0.05) is 19.2 Å². The van der Waals surface area contributed by atoms with Gasteiger partial charge in [-0.2, -0.15) is 10.5 Å². The van der Waals surface area contributed by atoms with Crippen LogP contribution in [0.3, 0.4) is 0 Å². The number of esters is 1. The van der Waals surface area contributed by atoms with Crippen LogP contribution in [0.25, 0.3) is 0 Å². The lowest BCUT2D eigenvalue weighted by atomic mass is 10.2. The maximum Gasteiger partial charge on any atom is 0.345 e. The second-order valence-corrected chi connectivity index (χ2v) is 4.55. The lowest BCUT2D eigenvalue weighted by Gasteiger charge is -2.20. The van der Waals surface area contributed by atoms with Crippen molar-refractivity contribution in [3.63, 3.8) is 0 Å². The van der Waals surface area contributed by atoms with Crippen LogP contribution in [0.4, 0.5) is 5.69 Å². The number of carbonyl (C=O) groups excluding carboxylic acids is 2. The molecular formula is C15H14N4O5. The van der Waals surface area contributed by atoms with E-state index in [9.17, 15) is 19.7 Å². The molecule has 0 bridgehead atoms. The second kappa shape index (κ2) is 9.54. The number of benzene rings is 1. The molecule has 0 N–H and O–H groups in total. The molecule has 0 heterocycles. The molecule has 0 atom stereocenters. The van der Waals surface area contributed by atoms with E-state index in [4.69, 9.17) is 15.3 Å². The summed E-state index contributed by atoms with van der Waals surface area (Å²) in [5.74, 6) is -1.57. The number of ether oxygens (including phenoxy) is 1. The maximum absolute atomic E-state index is 12.0. The van der Waals surface area contributed by atoms with E-state index in [2.05, 4.69) is 0 Å². The molecule has 0 spiro atoms. The number of carbonyl (C=O) groups is 2. The van der Waals surface area contributed by atoms with Crippen LogP contribution in [0.5, 0.6) is 0 Å². The lowest BCUT2D eigenvalue weighted by Crippen LogP contribution is -2.36. The number of amides is 1. The molecule has 9 nitrogen and oxygen atoms in total. The predicted molar refractivity (Wildman–Crippen MR) is 80.4 cm³/mol. The van der Waals surface area contributed by atoms with Crippen molar-refractivity contribution < 1.29 is 19.2 Å². The Labute approximate surface area is 137 Å². The van der Waals surface area contributed by atoms with E-state index < -0.39 is 29.1 Å². The molecule has 0 unspecified atom stereocenters. The van der Waals surface area contributed by atoms with Gasteiger partial charge in [-0.3, -0.25) is 14.9 Å². The molecule has 9 heteroatoms. The first kappa shape index (κ1) is 18.6. The van der Waals surface area contributed by atoms with Crippen LogP contribution in [-0.2, 0) is 9.53 Å². The largest absolute Gasteiger partial charge is 0.452 e. The Bertz CT molecular complexity index is 687. The summed E-state index contributed by atoms with van der Waals surface area (Å²) in [6.45, 7) is -0.401. The van der Waals surface area contributed by atoms with Gasteiger partial charge in [0.05, 0.1) is 29.9 Å². The molecule has 0 aliphatic rings. The van der Waals surface area contributed by atoms with Gasteiger partial charge in [-0.1, -0.05) is 12.1 Å². The number of hydrogen-bond donors (Lipinski definition) is 0. The number of rotatable bonds is 8. The standard InChI is InChI=1S/C15H14N4O5/c16-7-3-9-18(10-4-8-17)14(20)11-24-15(21)12-5-1-2-6-13(12)19(22)23/h1-2,5-6H,3-4,9-11H2. The number of nitro groups is 1. The minimum atomic E-state index is -0.990. The molecule has 1 amide bonds. The van der Waals surface area contributed by atoms with Crippen molar-refractivity contribution in [2.45, 2.75) is 12.8 Å². The van der Waals surface area contributed by atoms with E-state index in [1.54, 1.807) is 0 Å². The first-order valence-electron chi connectivity index (χ1n) is 6.93. The van der Waals surface area contributed by atoms with Gasteiger partial charge in [0.1, 0.15) is 5.56 Å². The van der Waals surface area contributed by atoms with E-state index in [1.165, 1.54) is 23.1 Å². The van der Waals surface area contributed by atoms with Crippen LogP contribution in [-0.4, -0.2) is 41.4 Å². The van der Waals surface area contributed by atoms with Gasteiger partial charge < -0.3 is 9.64 Å². The highest BCUT2D eigenvalue weighted by Crippen LogP contribution is 2.18. The molecule has 0 saturated carbocycles. The SMILES string of the molecule is N#CCCN(CCC#N)C(=O)COC(=O)c1ccccc1[N+](=O)[O-]. The van der Waals surface area contributed by atoms with Gasteiger partial charge >= 0.3 is 5.97 Å². The number of para-hydroxylation sites is 1. The van der Waals surface area contributed by atoms with Gasteiger partial charge in [-0.25, -0.2) is 4.79 Å². The normalized spacial score (nSPS) is 9.42. The summed E-state index contributed by atoms with van der Waals surface area (Å²) in [7, 11) is 0. The summed E-state index contributed by atoms with van der Waals surface area (Å²) in [6.07, 6.45) is 0.157. The van der Waals surface area contributed by atoms with E-state index in [-0.39, 0.29) is 31.5 Å². The molecule has 0 fully saturated rings. The number of hydrogen-bond acceptors (Lipinski definition) is 7. The highest BCUT2D eigenvalue weighted by atomic mass is 16.6. The zero-order valence-electron chi connectivity index (χ0n) is 12.7. The summed E-state index contributed by atoms with van der Waals surface area (Å²) in [4.78, 5) is 35.3. The topological polar surface area (TPSA) is 137 Å². The van der Waals surface area contributed by atoms with Crippen LogP contribution in [0, 0.1) is 32.8 Å². The predicted octanol–water partition coefficient (Wildman–Crippen LogP) is 1.41. The maximum atomic E-state index is 12.0. The first-order valence-corrected chi connectivity index (χ1v) is 6.93. The Morgan fingerprint density at radius 3 is 2.29 bits per heavy atom. The average Bonchev–Trinajstić information content (AvgIpc) is 2.59. The highest BCUT2D eigenvalue weighted by molar-refractivity contribution is 5.95. The van der Waals surface area contributed by atoms with E-state index >= 15 is 0 Å². The van der Waals surface area contributed by atoms with Crippen molar-refractivity contribution in [2.75, 3.05) is 19.7 Å². The monoisotopic (exact) mass is 330 g/mol. The third kappa shape index (κ3) is 5.39. The molecule has 0 aliphatic heterocycles. The Morgan fingerprint density at radius 1 is 1.17 bits per heavy atom. The van der Waals surface area contributed by atoms with Gasteiger partial charge in [0.25, 0.3) is 11.6 Å². The summed E-state index contributed by atoms with van der Waals surface area (Å²) in [5, 5.41) is 28.0. The number of nitrogens with zero attached hydrogens (tertiary/aromatic N) is 4. The minimum absolute atomic E-state index is 0.0786. The summed E-state index contributed by atoms with van der Waals surface area (Å²) < 4.78 is 4.82. The van der Waals surface area contributed by atoms with Gasteiger partial charge in [-0.15, -0.1) is 0 Å². The molecule has 24 heavy (non-hydrogen) atoms. The van der Waals surface area contributed by atoms with Crippen LogP contribution in [0.1, 0.15) is 23.2 Å². The molecular weight excluding hydrogens is 316 g/mol. The van der Waals surface area contributed by atoms with Gasteiger partial charge in [0.15, 0.2) is 6.61 Å². The Balaban J connectivity index is 2.71. The smallest absolute Gasteiger partial charge is 0.345 e. The third-order valence-electron chi connectivity index (χ3n) is 2.99. The third-order valence-corrected chi connectivity index (χ3v) is 2.99. The van der Waals surface area contributed by atoms with Gasteiger partial charge in [-0.05, 0) is 6.07 Å². The molecule has 0 aromatic heterocycles. The number of nitriles is 2. The Kier molecular flexibility index (Phi) is 7.39. The van der Waals surface area contributed by atoms with Crippen molar-refractivity contribution in [1.29, 1.82) is 10.5 Å². The highest BCUT2D eigenvalue weighted by Gasteiger charge is 2.22. The quantitative estimate of drug-likeness (QED) is 0.399. The molecule has 1 rings (SSSR count). The van der Waals surface area contributed by atoms with Crippen LogP contribution < -0.4 is 0 Å². The van der Waals surface area contributed by atoms with Crippen molar-refractivity contribution in [1.82, 2.24) is 4.90 Å². The minimum Gasteiger partial charge on any atom is -0.452 e. The van der Waals surface area contributed by atoms with Crippen molar-refractivity contribution in [3.05, 3.63) is 39.9 Å². The Morgan fingerprint density at radius 2 is 1.75 bits per heavy atom. The summed E-state index contributed by atoms with van der Waals surface area (Å²) >= 11 is 0. The summed E-state index contributed by atoms with van der Waals surface area (Å²) in [5.41, 5.74) is -0.670. The molecule has 0 radical (unpaired) electrons. The fourth-order valence-electron chi connectivity index (χ4n) is 1.83. The fraction of sp³-hybridized carbons (Fsp3) is 0.333. The number of nitro benzene ring substituents is 1. The molecule has 0 aliphatic carbocycles. The molecule has 1 aromatic rings. The summed E-state index contributed by atoms with van der Waals surface area (Å²) in [6, 6.07) is 9.00. The van der Waals surface area contributed by atoms with Crippen molar-refractivity contribution >= 4 is 17.6 Å². The average molecular weight is 330 g/mol. The van der Waals surface area contributed by atoms with E-state index in [1.807, 2.05) is 12.1 Å². The second-order valence-electron chi connectivity index (χ2n) is 4.55. The fourth-order valence-corrected chi connectivity index (χ4v) is 1.83. The molecule has 124 valence electrons. The van der Waals surface area contributed by atoms with E-state index in [0.717, 1.165) is 6.07 Å².